The molecular weight excluding hydrogens is 204 g/mol. The van der Waals surface area contributed by atoms with Gasteiger partial charge in [-0.2, -0.15) is 0 Å². The van der Waals surface area contributed by atoms with E-state index in [4.69, 9.17) is 0 Å². The quantitative estimate of drug-likeness (QED) is 0.690. The maximum atomic E-state index is 3.42. The van der Waals surface area contributed by atoms with Crippen LogP contribution in [-0.4, -0.2) is 13.1 Å². The number of halogens is 1. The second-order valence-corrected chi connectivity index (χ2v) is 3.46. The van der Waals surface area contributed by atoms with Gasteiger partial charge in [-0.3, -0.25) is 0 Å². The Morgan fingerprint density at radius 1 is 1.09 bits per heavy atom. The first kappa shape index (κ1) is 6.98. The summed E-state index contributed by atoms with van der Waals surface area (Å²) < 4.78 is 1.12. The smallest absolute Gasteiger partial charge is 0.0587 e. The predicted molar refractivity (Wildman–Crippen MR) is 51.1 cm³/mol. The standard InChI is InChI=1S/C8H9BrN2/c9-6-1-2-7-8(5-6)11-4-3-10-7/h1-2,5,10-11H,3-4H2. The lowest BCUT2D eigenvalue weighted by atomic mass is 10.2. The molecule has 0 saturated carbocycles. The molecule has 2 rings (SSSR count). The van der Waals surface area contributed by atoms with Crippen LogP contribution in [0.5, 0.6) is 0 Å². The third kappa shape index (κ3) is 1.33. The van der Waals surface area contributed by atoms with E-state index in [-0.39, 0.29) is 0 Å². The third-order valence-electron chi connectivity index (χ3n) is 1.74. The van der Waals surface area contributed by atoms with Crippen LogP contribution in [0.4, 0.5) is 11.4 Å². The molecule has 2 nitrogen and oxygen atoms in total. The molecule has 1 aromatic rings. The van der Waals surface area contributed by atoms with Crippen molar-refractivity contribution in [1.29, 1.82) is 0 Å². The second kappa shape index (κ2) is 2.74. The molecule has 1 heterocycles. The van der Waals surface area contributed by atoms with Crippen molar-refractivity contribution in [2.24, 2.45) is 0 Å². The molecule has 0 aromatic heterocycles. The fourth-order valence-electron chi connectivity index (χ4n) is 1.21. The summed E-state index contributed by atoms with van der Waals surface area (Å²) >= 11 is 3.42. The Balaban J connectivity index is 2.43. The summed E-state index contributed by atoms with van der Waals surface area (Å²) in [6.45, 7) is 2.01. The Morgan fingerprint density at radius 3 is 2.64 bits per heavy atom. The minimum Gasteiger partial charge on any atom is -0.382 e. The molecule has 1 aliphatic rings. The van der Waals surface area contributed by atoms with Gasteiger partial charge in [-0.1, -0.05) is 15.9 Å². The van der Waals surface area contributed by atoms with Crippen molar-refractivity contribution in [3.05, 3.63) is 22.7 Å². The van der Waals surface area contributed by atoms with Crippen LogP contribution >= 0.6 is 15.9 Å². The molecule has 11 heavy (non-hydrogen) atoms. The monoisotopic (exact) mass is 212 g/mol. The maximum absolute atomic E-state index is 3.42. The van der Waals surface area contributed by atoms with Crippen molar-refractivity contribution in [2.45, 2.75) is 0 Å². The molecule has 1 aromatic carbocycles. The van der Waals surface area contributed by atoms with Gasteiger partial charge in [-0.15, -0.1) is 0 Å². The molecule has 0 atom stereocenters. The number of rotatable bonds is 0. The minimum absolute atomic E-state index is 1.00. The molecule has 2 N–H and O–H groups in total. The van der Waals surface area contributed by atoms with Gasteiger partial charge in [0.2, 0.25) is 0 Å². The van der Waals surface area contributed by atoms with Gasteiger partial charge in [-0.05, 0) is 18.2 Å². The lowest BCUT2D eigenvalue weighted by Crippen LogP contribution is -2.20. The fourth-order valence-corrected chi connectivity index (χ4v) is 1.57. The van der Waals surface area contributed by atoms with E-state index in [0.29, 0.717) is 0 Å². The van der Waals surface area contributed by atoms with Crippen LogP contribution in [0.1, 0.15) is 0 Å². The first-order chi connectivity index (χ1) is 5.36. The lowest BCUT2D eigenvalue weighted by Gasteiger charge is -2.19. The van der Waals surface area contributed by atoms with Crippen molar-refractivity contribution < 1.29 is 0 Å². The summed E-state index contributed by atoms with van der Waals surface area (Å²) in [6.07, 6.45) is 0. The second-order valence-electron chi connectivity index (χ2n) is 2.54. The number of benzene rings is 1. The van der Waals surface area contributed by atoms with Gasteiger partial charge in [0, 0.05) is 17.6 Å². The summed E-state index contributed by atoms with van der Waals surface area (Å²) in [4.78, 5) is 0. The molecule has 1 aliphatic heterocycles. The highest BCUT2D eigenvalue weighted by molar-refractivity contribution is 9.10. The van der Waals surface area contributed by atoms with Crippen LogP contribution in [0.3, 0.4) is 0 Å². The van der Waals surface area contributed by atoms with E-state index in [1.807, 2.05) is 6.07 Å². The minimum atomic E-state index is 1.00. The molecule has 0 bridgehead atoms. The van der Waals surface area contributed by atoms with Crippen LogP contribution in [0, 0.1) is 0 Å². The Morgan fingerprint density at radius 2 is 1.82 bits per heavy atom. The number of hydrogen-bond acceptors (Lipinski definition) is 2. The molecule has 3 heteroatoms. The molecular formula is C8H9BrN2. The van der Waals surface area contributed by atoms with Gasteiger partial charge >= 0.3 is 0 Å². The largest absolute Gasteiger partial charge is 0.382 e. The predicted octanol–water partition coefficient (Wildman–Crippen LogP) is 2.29. The lowest BCUT2D eigenvalue weighted by molar-refractivity contribution is 1.05. The average Bonchev–Trinajstić information content (AvgIpc) is 2.04. The van der Waals surface area contributed by atoms with E-state index in [9.17, 15) is 0 Å². The number of nitrogens with one attached hydrogen (secondary N) is 2. The van der Waals surface area contributed by atoms with Crippen LogP contribution in [0.15, 0.2) is 22.7 Å². The summed E-state index contributed by atoms with van der Waals surface area (Å²) in [5.41, 5.74) is 2.38. The van der Waals surface area contributed by atoms with Crippen LogP contribution in [0.2, 0.25) is 0 Å². The number of fused-ring (bicyclic) bond motifs is 1. The molecule has 0 saturated heterocycles. The van der Waals surface area contributed by atoms with Gasteiger partial charge in [0.25, 0.3) is 0 Å². The van der Waals surface area contributed by atoms with E-state index in [1.54, 1.807) is 0 Å². The van der Waals surface area contributed by atoms with E-state index >= 15 is 0 Å². The van der Waals surface area contributed by atoms with Gasteiger partial charge in [-0.25, -0.2) is 0 Å². The third-order valence-corrected chi connectivity index (χ3v) is 2.23. The fraction of sp³-hybridized carbons (Fsp3) is 0.250. The van der Waals surface area contributed by atoms with Crippen LogP contribution in [0.25, 0.3) is 0 Å². The van der Waals surface area contributed by atoms with Gasteiger partial charge < -0.3 is 10.6 Å². The van der Waals surface area contributed by atoms with Crippen molar-refractivity contribution >= 4 is 27.3 Å². The van der Waals surface area contributed by atoms with Crippen molar-refractivity contribution in [3.63, 3.8) is 0 Å². The first-order valence-corrected chi connectivity index (χ1v) is 4.43. The highest BCUT2D eigenvalue weighted by atomic mass is 79.9. The van der Waals surface area contributed by atoms with E-state index in [0.717, 1.165) is 17.6 Å². The number of anilines is 2. The molecule has 0 radical (unpaired) electrons. The molecule has 0 aliphatic carbocycles. The molecule has 0 unspecified atom stereocenters. The molecule has 0 fully saturated rings. The zero-order chi connectivity index (χ0) is 7.68. The van der Waals surface area contributed by atoms with Gasteiger partial charge in [0.15, 0.2) is 0 Å². The Bertz CT molecular complexity index is 273. The van der Waals surface area contributed by atoms with E-state index < -0.39 is 0 Å². The SMILES string of the molecule is Brc1ccc2c(c1)NCCN2. The topological polar surface area (TPSA) is 24.1 Å². The Hall–Kier alpha value is -0.700. The van der Waals surface area contributed by atoms with Gasteiger partial charge in [0.05, 0.1) is 11.4 Å². The summed E-state index contributed by atoms with van der Waals surface area (Å²) in [5, 5.41) is 6.62. The van der Waals surface area contributed by atoms with Crippen LogP contribution in [-0.2, 0) is 0 Å². The summed E-state index contributed by atoms with van der Waals surface area (Å²) in [7, 11) is 0. The Labute approximate surface area is 74.1 Å². The highest BCUT2D eigenvalue weighted by Gasteiger charge is 2.05. The van der Waals surface area contributed by atoms with E-state index in [2.05, 4.69) is 38.7 Å². The maximum Gasteiger partial charge on any atom is 0.0587 e. The highest BCUT2D eigenvalue weighted by Crippen LogP contribution is 2.27. The average molecular weight is 213 g/mol. The van der Waals surface area contributed by atoms with E-state index in [1.165, 1.54) is 11.4 Å². The first-order valence-electron chi connectivity index (χ1n) is 3.63. The van der Waals surface area contributed by atoms with Crippen molar-refractivity contribution in [2.75, 3.05) is 23.7 Å². The Kier molecular flexibility index (Phi) is 1.74. The zero-order valence-electron chi connectivity index (χ0n) is 6.02. The molecule has 0 amide bonds. The summed E-state index contributed by atoms with van der Waals surface area (Å²) in [5.74, 6) is 0. The summed E-state index contributed by atoms with van der Waals surface area (Å²) in [6, 6.07) is 6.20. The molecule has 58 valence electrons. The normalized spacial score (nSPS) is 14.6. The van der Waals surface area contributed by atoms with Crippen LogP contribution < -0.4 is 10.6 Å². The molecule has 0 spiro atoms. The van der Waals surface area contributed by atoms with Crippen molar-refractivity contribution in [3.8, 4) is 0 Å². The van der Waals surface area contributed by atoms with Crippen molar-refractivity contribution in [1.82, 2.24) is 0 Å². The van der Waals surface area contributed by atoms with Gasteiger partial charge in [0.1, 0.15) is 0 Å². The zero-order valence-corrected chi connectivity index (χ0v) is 7.61. The number of hydrogen-bond donors (Lipinski definition) is 2.